The number of fused-ring (bicyclic) bond motifs is 1. The Hall–Kier alpha value is -2.43. The summed E-state index contributed by atoms with van der Waals surface area (Å²) in [6.45, 7) is 3.12. The fourth-order valence-corrected chi connectivity index (χ4v) is 3.68. The van der Waals surface area contributed by atoms with Gasteiger partial charge >= 0.3 is 0 Å². The van der Waals surface area contributed by atoms with Crippen LogP contribution in [-0.2, 0) is 25.8 Å². The van der Waals surface area contributed by atoms with E-state index in [1.54, 1.807) is 0 Å². The molecule has 4 nitrogen and oxygen atoms in total. The Morgan fingerprint density at radius 2 is 2.00 bits per heavy atom. The van der Waals surface area contributed by atoms with Crippen LogP contribution in [0.3, 0.4) is 0 Å². The molecule has 3 aromatic rings. The molecule has 0 amide bonds. The first-order chi connectivity index (χ1) is 13.8. The summed E-state index contributed by atoms with van der Waals surface area (Å²) in [5, 5.41) is 4.15. The van der Waals surface area contributed by atoms with Gasteiger partial charge in [0.15, 0.2) is 0 Å². The predicted octanol–water partition coefficient (Wildman–Crippen LogP) is 4.56. The SMILES string of the molecule is Clc1cc(CNCCc2ccc3c(c2)CCO3)ccc1OCCc1ccc[nH]1. The molecule has 0 unspecified atom stereocenters. The molecule has 146 valence electrons. The number of rotatable bonds is 9. The maximum Gasteiger partial charge on any atom is 0.137 e. The second-order valence-electron chi connectivity index (χ2n) is 7.03. The molecule has 0 radical (unpaired) electrons. The van der Waals surface area contributed by atoms with E-state index in [0.717, 1.165) is 61.7 Å². The van der Waals surface area contributed by atoms with Gasteiger partial charge in [-0.3, -0.25) is 0 Å². The Balaban J connectivity index is 1.21. The van der Waals surface area contributed by atoms with E-state index in [1.807, 2.05) is 24.4 Å². The summed E-state index contributed by atoms with van der Waals surface area (Å²) in [6, 6.07) is 16.5. The quantitative estimate of drug-likeness (QED) is 0.521. The third-order valence-electron chi connectivity index (χ3n) is 4.96. The third-order valence-corrected chi connectivity index (χ3v) is 5.26. The minimum Gasteiger partial charge on any atom is -0.493 e. The van der Waals surface area contributed by atoms with Gasteiger partial charge in [-0.05, 0) is 60.0 Å². The maximum absolute atomic E-state index is 6.38. The largest absolute Gasteiger partial charge is 0.493 e. The van der Waals surface area contributed by atoms with Crippen LogP contribution in [0.4, 0.5) is 0 Å². The predicted molar refractivity (Wildman–Crippen MR) is 112 cm³/mol. The van der Waals surface area contributed by atoms with Crippen LogP contribution >= 0.6 is 11.6 Å². The molecule has 4 rings (SSSR count). The average molecular weight is 397 g/mol. The van der Waals surface area contributed by atoms with Crippen LogP contribution in [0.2, 0.25) is 5.02 Å². The Bertz CT molecular complexity index is 909. The molecule has 5 heteroatoms. The van der Waals surface area contributed by atoms with E-state index < -0.39 is 0 Å². The van der Waals surface area contributed by atoms with E-state index in [2.05, 4.69) is 40.6 Å². The number of hydrogen-bond donors (Lipinski definition) is 2. The fraction of sp³-hybridized carbons (Fsp3) is 0.304. The zero-order valence-corrected chi connectivity index (χ0v) is 16.6. The van der Waals surface area contributed by atoms with Gasteiger partial charge in [-0.25, -0.2) is 0 Å². The van der Waals surface area contributed by atoms with Gasteiger partial charge in [-0.1, -0.05) is 29.8 Å². The van der Waals surface area contributed by atoms with Crippen molar-refractivity contribution in [2.75, 3.05) is 19.8 Å². The van der Waals surface area contributed by atoms with Gasteiger partial charge in [0.1, 0.15) is 11.5 Å². The lowest BCUT2D eigenvalue weighted by Crippen LogP contribution is -2.16. The van der Waals surface area contributed by atoms with Crippen molar-refractivity contribution in [3.05, 3.63) is 82.1 Å². The summed E-state index contributed by atoms with van der Waals surface area (Å²) in [5.74, 6) is 1.78. The van der Waals surface area contributed by atoms with Crippen LogP contribution in [-0.4, -0.2) is 24.7 Å². The first kappa shape index (κ1) is 18.9. The molecule has 1 aliphatic rings. The average Bonchev–Trinajstić information content (AvgIpc) is 3.38. The van der Waals surface area contributed by atoms with Crippen LogP contribution in [0.25, 0.3) is 0 Å². The highest BCUT2D eigenvalue weighted by Crippen LogP contribution is 2.27. The van der Waals surface area contributed by atoms with E-state index in [-0.39, 0.29) is 0 Å². The lowest BCUT2D eigenvalue weighted by molar-refractivity contribution is 0.321. The summed E-state index contributed by atoms with van der Waals surface area (Å²) in [4.78, 5) is 3.17. The van der Waals surface area contributed by atoms with Gasteiger partial charge in [0, 0.05) is 31.3 Å². The van der Waals surface area contributed by atoms with Crippen molar-refractivity contribution >= 4 is 11.6 Å². The molecule has 0 aliphatic carbocycles. The van der Waals surface area contributed by atoms with Crippen LogP contribution < -0.4 is 14.8 Å². The van der Waals surface area contributed by atoms with Gasteiger partial charge in [0.05, 0.1) is 18.2 Å². The monoisotopic (exact) mass is 396 g/mol. The Labute approximate surface area is 170 Å². The van der Waals surface area contributed by atoms with Crippen LogP contribution in [0, 0.1) is 0 Å². The van der Waals surface area contributed by atoms with Crippen LogP contribution in [0.1, 0.15) is 22.4 Å². The molecule has 2 aromatic carbocycles. The first-order valence-electron chi connectivity index (χ1n) is 9.77. The molecule has 1 aromatic heterocycles. The van der Waals surface area contributed by atoms with Crippen molar-refractivity contribution in [1.29, 1.82) is 0 Å². The zero-order valence-electron chi connectivity index (χ0n) is 15.8. The topological polar surface area (TPSA) is 46.3 Å². The number of H-pyrrole nitrogens is 1. The van der Waals surface area contributed by atoms with E-state index in [9.17, 15) is 0 Å². The second-order valence-corrected chi connectivity index (χ2v) is 7.43. The van der Waals surface area contributed by atoms with Crippen LogP contribution in [0.15, 0.2) is 54.7 Å². The minimum atomic E-state index is 0.601. The zero-order chi connectivity index (χ0) is 19.2. The van der Waals surface area contributed by atoms with Gasteiger partial charge in [-0.2, -0.15) is 0 Å². The number of hydrogen-bond acceptors (Lipinski definition) is 3. The molecule has 1 aliphatic heterocycles. The number of aromatic amines is 1. The summed E-state index contributed by atoms with van der Waals surface area (Å²) < 4.78 is 11.4. The van der Waals surface area contributed by atoms with E-state index in [0.29, 0.717) is 11.6 Å². The summed E-state index contributed by atoms with van der Waals surface area (Å²) in [5.41, 5.74) is 4.99. The highest BCUT2D eigenvalue weighted by Gasteiger charge is 2.11. The fourth-order valence-electron chi connectivity index (χ4n) is 3.43. The molecule has 0 atom stereocenters. The number of aromatic nitrogens is 1. The molecule has 2 heterocycles. The Morgan fingerprint density at radius 1 is 1.07 bits per heavy atom. The molecule has 0 spiro atoms. The molecule has 0 fully saturated rings. The van der Waals surface area contributed by atoms with Gasteiger partial charge < -0.3 is 19.8 Å². The molecular weight excluding hydrogens is 372 g/mol. The van der Waals surface area contributed by atoms with Crippen molar-refractivity contribution in [1.82, 2.24) is 10.3 Å². The molecular formula is C23H25ClN2O2. The number of nitrogens with one attached hydrogen (secondary N) is 2. The molecule has 0 saturated carbocycles. The van der Waals surface area contributed by atoms with Crippen molar-refractivity contribution in [2.45, 2.75) is 25.8 Å². The lowest BCUT2D eigenvalue weighted by atomic mass is 10.1. The number of benzene rings is 2. The minimum absolute atomic E-state index is 0.601. The molecule has 0 saturated heterocycles. The van der Waals surface area contributed by atoms with Crippen LogP contribution in [0.5, 0.6) is 11.5 Å². The highest BCUT2D eigenvalue weighted by molar-refractivity contribution is 6.32. The van der Waals surface area contributed by atoms with Crippen molar-refractivity contribution in [3.8, 4) is 11.5 Å². The van der Waals surface area contributed by atoms with Gasteiger partial charge in [-0.15, -0.1) is 0 Å². The maximum atomic E-state index is 6.38. The molecule has 0 bridgehead atoms. The lowest BCUT2D eigenvalue weighted by Gasteiger charge is -2.10. The van der Waals surface area contributed by atoms with Crippen molar-refractivity contribution in [2.24, 2.45) is 0 Å². The molecule has 28 heavy (non-hydrogen) atoms. The third kappa shape index (κ3) is 4.89. The first-order valence-corrected chi connectivity index (χ1v) is 10.1. The Kier molecular flexibility index (Phi) is 6.20. The van der Waals surface area contributed by atoms with E-state index in [4.69, 9.17) is 21.1 Å². The van der Waals surface area contributed by atoms with E-state index >= 15 is 0 Å². The van der Waals surface area contributed by atoms with E-state index in [1.165, 1.54) is 11.1 Å². The van der Waals surface area contributed by atoms with Crippen molar-refractivity contribution in [3.63, 3.8) is 0 Å². The highest BCUT2D eigenvalue weighted by atomic mass is 35.5. The standard InChI is InChI=1S/C23H25ClN2O2/c24-21-15-18(4-6-23(21)28-13-9-20-2-1-10-26-20)16-25-11-7-17-3-5-22-19(14-17)8-12-27-22/h1-6,10,14-15,25-26H,7-9,11-13,16H2. The number of halogens is 1. The molecule has 2 N–H and O–H groups in total. The Morgan fingerprint density at radius 3 is 2.86 bits per heavy atom. The smallest absolute Gasteiger partial charge is 0.137 e. The van der Waals surface area contributed by atoms with Gasteiger partial charge in [0.25, 0.3) is 0 Å². The normalized spacial score (nSPS) is 12.6. The summed E-state index contributed by atoms with van der Waals surface area (Å²) >= 11 is 6.38. The number of ether oxygens (including phenoxy) is 2. The second kappa shape index (κ2) is 9.18. The van der Waals surface area contributed by atoms with Crippen molar-refractivity contribution < 1.29 is 9.47 Å². The summed E-state index contributed by atoms with van der Waals surface area (Å²) in [7, 11) is 0. The van der Waals surface area contributed by atoms with Gasteiger partial charge in [0.2, 0.25) is 0 Å². The summed E-state index contributed by atoms with van der Waals surface area (Å²) in [6.07, 6.45) is 4.78.